The van der Waals surface area contributed by atoms with Gasteiger partial charge in [0.1, 0.15) is 0 Å². The van der Waals surface area contributed by atoms with E-state index in [1.165, 1.54) is 0 Å². The maximum atomic E-state index is 11.3. The molecule has 0 bridgehead atoms. The van der Waals surface area contributed by atoms with Crippen LogP contribution in [0.4, 0.5) is 0 Å². The molecule has 1 aliphatic heterocycles. The molecule has 0 saturated carbocycles. The third kappa shape index (κ3) is 3.96. The molecule has 0 aliphatic carbocycles. The summed E-state index contributed by atoms with van der Waals surface area (Å²) in [5.41, 5.74) is 11.1. The van der Waals surface area contributed by atoms with Crippen molar-refractivity contribution >= 4 is 5.91 Å². The molecule has 1 rings (SSSR count). The molecule has 0 aromatic heterocycles. The zero-order valence-corrected chi connectivity index (χ0v) is 11.5. The molecule has 0 radical (unpaired) electrons. The summed E-state index contributed by atoms with van der Waals surface area (Å²) in [6.07, 6.45) is 3.16. The Kier molecular flexibility index (Phi) is 4.55. The molecule has 100 valence electrons. The number of rotatable bonds is 6. The molecular formula is C13H27N3O. The summed E-state index contributed by atoms with van der Waals surface area (Å²) >= 11 is 0. The highest BCUT2D eigenvalue weighted by atomic mass is 16.1. The van der Waals surface area contributed by atoms with Gasteiger partial charge in [0.25, 0.3) is 0 Å². The average Bonchev–Trinajstić information content (AvgIpc) is 2.62. The van der Waals surface area contributed by atoms with Crippen molar-refractivity contribution in [1.29, 1.82) is 0 Å². The van der Waals surface area contributed by atoms with Gasteiger partial charge in [0.2, 0.25) is 5.91 Å². The summed E-state index contributed by atoms with van der Waals surface area (Å²) in [5, 5.41) is 0. The number of likely N-dealkylation sites (tertiary alicyclic amines) is 1. The lowest BCUT2D eigenvalue weighted by molar-refractivity contribution is -0.126. The highest BCUT2D eigenvalue weighted by Gasteiger charge is 2.38. The third-order valence-corrected chi connectivity index (χ3v) is 4.03. The van der Waals surface area contributed by atoms with Gasteiger partial charge >= 0.3 is 0 Å². The van der Waals surface area contributed by atoms with Gasteiger partial charge in [-0.2, -0.15) is 0 Å². The number of nitrogens with zero attached hydrogens (tertiary/aromatic N) is 1. The van der Waals surface area contributed by atoms with Crippen LogP contribution in [0.2, 0.25) is 0 Å². The first-order valence-electron chi connectivity index (χ1n) is 6.51. The Hall–Kier alpha value is -0.610. The number of nitrogens with two attached hydrogens (primary N) is 2. The lowest BCUT2D eigenvalue weighted by Crippen LogP contribution is -2.37. The molecule has 4 N–H and O–H groups in total. The first-order valence-corrected chi connectivity index (χ1v) is 6.51. The number of amides is 1. The van der Waals surface area contributed by atoms with Crippen LogP contribution < -0.4 is 11.5 Å². The minimum Gasteiger partial charge on any atom is -0.369 e. The molecule has 1 heterocycles. The van der Waals surface area contributed by atoms with E-state index in [1.54, 1.807) is 0 Å². The van der Waals surface area contributed by atoms with Crippen molar-refractivity contribution in [3.8, 4) is 0 Å². The molecule has 0 spiro atoms. The second kappa shape index (κ2) is 5.36. The lowest BCUT2D eigenvalue weighted by Gasteiger charge is -2.25. The van der Waals surface area contributed by atoms with Crippen molar-refractivity contribution in [2.24, 2.45) is 22.3 Å². The number of carbonyl (C=O) groups excluding carboxylic acids is 1. The topological polar surface area (TPSA) is 72.3 Å². The van der Waals surface area contributed by atoms with Crippen molar-refractivity contribution in [3.63, 3.8) is 0 Å². The van der Waals surface area contributed by atoms with E-state index < -0.39 is 0 Å². The Morgan fingerprint density at radius 3 is 2.59 bits per heavy atom. The summed E-state index contributed by atoms with van der Waals surface area (Å²) in [7, 11) is 0. The smallest absolute Gasteiger partial charge is 0.224 e. The molecule has 1 atom stereocenters. The molecule has 1 saturated heterocycles. The molecule has 1 fully saturated rings. The largest absolute Gasteiger partial charge is 0.369 e. The Morgan fingerprint density at radius 1 is 1.47 bits per heavy atom. The van der Waals surface area contributed by atoms with Gasteiger partial charge < -0.3 is 16.4 Å². The molecule has 17 heavy (non-hydrogen) atoms. The van der Waals surface area contributed by atoms with Crippen LogP contribution >= 0.6 is 0 Å². The summed E-state index contributed by atoms with van der Waals surface area (Å²) < 4.78 is 0. The van der Waals surface area contributed by atoms with Gasteiger partial charge in [-0.15, -0.1) is 0 Å². The molecular weight excluding hydrogens is 214 g/mol. The van der Waals surface area contributed by atoms with Crippen molar-refractivity contribution < 1.29 is 4.79 Å². The highest BCUT2D eigenvalue weighted by Crippen LogP contribution is 2.30. The van der Waals surface area contributed by atoms with Crippen LogP contribution in [0.25, 0.3) is 0 Å². The number of hydrogen-bond acceptors (Lipinski definition) is 3. The number of hydrogen-bond donors (Lipinski definition) is 2. The van der Waals surface area contributed by atoms with E-state index in [-0.39, 0.29) is 16.7 Å². The van der Waals surface area contributed by atoms with Crippen LogP contribution in [-0.4, -0.2) is 37.0 Å². The average molecular weight is 241 g/mol. The van der Waals surface area contributed by atoms with E-state index in [2.05, 4.69) is 18.7 Å². The van der Waals surface area contributed by atoms with Crippen molar-refractivity contribution in [3.05, 3.63) is 0 Å². The van der Waals surface area contributed by atoms with Crippen molar-refractivity contribution in [2.45, 2.75) is 40.0 Å². The van der Waals surface area contributed by atoms with Gasteiger partial charge in [0.15, 0.2) is 0 Å². The number of primary amides is 1. The lowest BCUT2D eigenvalue weighted by atomic mass is 9.88. The van der Waals surface area contributed by atoms with E-state index >= 15 is 0 Å². The molecule has 4 nitrogen and oxygen atoms in total. The fourth-order valence-corrected chi connectivity index (χ4v) is 2.33. The second-order valence-corrected chi connectivity index (χ2v) is 6.42. The standard InChI is InChI=1S/C13H27N3O/c1-12(2,9-14)5-4-7-16-8-6-13(3,10-16)11(15)17/h4-10,14H2,1-3H3,(H2,15,17). The predicted molar refractivity (Wildman–Crippen MR) is 70.4 cm³/mol. The Balaban J connectivity index is 2.30. The molecule has 1 unspecified atom stereocenters. The Bertz CT molecular complexity index is 278. The molecule has 0 aromatic rings. The quantitative estimate of drug-likeness (QED) is 0.727. The van der Waals surface area contributed by atoms with Crippen LogP contribution in [0.1, 0.15) is 40.0 Å². The molecule has 4 heteroatoms. The zero-order chi connectivity index (χ0) is 13.1. The Labute approximate surface area is 105 Å². The fourth-order valence-electron chi connectivity index (χ4n) is 2.33. The summed E-state index contributed by atoms with van der Waals surface area (Å²) in [6.45, 7) is 9.94. The van der Waals surface area contributed by atoms with Gasteiger partial charge in [-0.25, -0.2) is 0 Å². The molecule has 1 aliphatic rings. The van der Waals surface area contributed by atoms with E-state index in [0.29, 0.717) is 0 Å². The summed E-state index contributed by atoms with van der Waals surface area (Å²) in [5.74, 6) is -0.165. The first kappa shape index (κ1) is 14.5. The van der Waals surface area contributed by atoms with Gasteiger partial charge in [0.05, 0.1) is 5.41 Å². The van der Waals surface area contributed by atoms with E-state index in [4.69, 9.17) is 11.5 Å². The van der Waals surface area contributed by atoms with Crippen molar-refractivity contribution in [2.75, 3.05) is 26.2 Å². The van der Waals surface area contributed by atoms with Crippen LogP contribution in [-0.2, 0) is 4.79 Å². The van der Waals surface area contributed by atoms with E-state index in [0.717, 1.165) is 45.4 Å². The molecule has 0 aromatic carbocycles. The van der Waals surface area contributed by atoms with Gasteiger partial charge in [-0.3, -0.25) is 4.79 Å². The van der Waals surface area contributed by atoms with Crippen LogP contribution in [0.15, 0.2) is 0 Å². The van der Waals surface area contributed by atoms with Gasteiger partial charge in [-0.05, 0) is 51.2 Å². The van der Waals surface area contributed by atoms with Crippen molar-refractivity contribution in [1.82, 2.24) is 4.90 Å². The highest BCUT2D eigenvalue weighted by molar-refractivity contribution is 5.81. The number of carbonyl (C=O) groups is 1. The second-order valence-electron chi connectivity index (χ2n) is 6.42. The minimum atomic E-state index is -0.316. The zero-order valence-electron chi connectivity index (χ0n) is 11.5. The van der Waals surface area contributed by atoms with Crippen LogP contribution in [0.5, 0.6) is 0 Å². The normalized spacial score (nSPS) is 26.4. The van der Waals surface area contributed by atoms with E-state index in [9.17, 15) is 4.79 Å². The minimum absolute atomic E-state index is 0.165. The SMILES string of the molecule is CC(C)(CN)CCCN1CCC(C)(C(N)=O)C1. The first-order chi connectivity index (χ1) is 7.79. The van der Waals surface area contributed by atoms with Gasteiger partial charge in [0, 0.05) is 6.54 Å². The maximum Gasteiger partial charge on any atom is 0.224 e. The fraction of sp³-hybridized carbons (Fsp3) is 0.923. The molecule has 1 amide bonds. The Morgan fingerprint density at radius 2 is 2.12 bits per heavy atom. The monoisotopic (exact) mass is 241 g/mol. The van der Waals surface area contributed by atoms with Gasteiger partial charge in [-0.1, -0.05) is 13.8 Å². The maximum absolute atomic E-state index is 11.3. The van der Waals surface area contributed by atoms with Crippen LogP contribution in [0.3, 0.4) is 0 Å². The summed E-state index contributed by atoms with van der Waals surface area (Å²) in [4.78, 5) is 13.7. The van der Waals surface area contributed by atoms with Crippen LogP contribution in [0, 0.1) is 10.8 Å². The van der Waals surface area contributed by atoms with E-state index in [1.807, 2.05) is 6.92 Å². The third-order valence-electron chi connectivity index (χ3n) is 4.03. The summed E-state index contributed by atoms with van der Waals surface area (Å²) in [6, 6.07) is 0. The predicted octanol–water partition coefficient (Wildman–Crippen LogP) is 0.949.